The van der Waals surface area contributed by atoms with Gasteiger partial charge in [-0.2, -0.15) is 0 Å². The van der Waals surface area contributed by atoms with Crippen LogP contribution in [0.4, 0.5) is 0 Å². The highest BCUT2D eigenvalue weighted by molar-refractivity contribution is 9.21. The SMILES string of the molecule is Cc1cccc(OP(=S)(Oc2cccc(C)c2)SP(=O)(Cl)SP(=S)(Oc2cccc(C)c2)Oc2cccc(C)c2)c1. The molecule has 41 heavy (non-hydrogen) atoms. The minimum Gasteiger partial charge on any atom is -0.428 e. The second kappa shape index (κ2) is 13.9. The van der Waals surface area contributed by atoms with Crippen LogP contribution >= 0.6 is 49.5 Å². The summed E-state index contributed by atoms with van der Waals surface area (Å²) in [6.07, 6.45) is 0. The molecule has 4 aromatic carbocycles. The Hall–Kier alpha value is -1.40. The first-order valence-corrected chi connectivity index (χ1v) is 24.2. The number of aryl methyl sites for hydroxylation is 4. The van der Waals surface area contributed by atoms with Crippen LogP contribution in [-0.2, 0) is 28.2 Å². The van der Waals surface area contributed by atoms with Crippen molar-refractivity contribution < 1.29 is 22.7 Å². The lowest BCUT2D eigenvalue weighted by Crippen LogP contribution is -1.99. The van der Waals surface area contributed by atoms with E-state index < -0.39 is 16.3 Å². The minimum absolute atomic E-state index is 0.488. The molecule has 0 amide bonds. The quantitative estimate of drug-likeness (QED) is 0.134. The maximum Gasteiger partial charge on any atom is 0.357 e. The van der Waals surface area contributed by atoms with Gasteiger partial charge in [0.25, 0.3) is 4.90 Å². The van der Waals surface area contributed by atoms with Crippen LogP contribution in [0.15, 0.2) is 97.1 Å². The van der Waals surface area contributed by atoms with Gasteiger partial charge >= 0.3 is 11.4 Å². The van der Waals surface area contributed by atoms with Gasteiger partial charge in [-0.3, -0.25) is 4.57 Å². The molecule has 0 aliphatic heterocycles. The van der Waals surface area contributed by atoms with Crippen LogP contribution in [0.25, 0.3) is 0 Å². The van der Waals surface area contributed by atoms with E-state index in [2.05, 4.69) is 0 Å². The van der Waals surface area contributed by atoms with Crippen molar-refractivity contribution in [3.63, 3.8) is 0 Å². The van der Waals surface area contributed by atoms with Gasteiger partial charge in [-0.25, -0.2) is 0 Å². The molecule has 0 aromatic heterocycles. The van der Waals surface area contributed by atoms with Gasteiger partial charge in [0.1, 0.15) is 23.0 Å². The fourth-order valence-corrected chi connectivity index (χ4v) is 37.2. The second-order valence-electron chi connectivity index (χ2n) is 9.12. The minimum atomic E-state index is -3.83. The molecule has 0 atom stereocenters. The maximum absolute atomic E-state index is 14.2. The Balaban J connectivity index is 1.67. The highest BCUT2D eigenvalue weighted by Crippen LogP contribution is 2.92. The third-order valence-corrected chi connectivity index (χ3v) is 29.6. The van der Waals surface area contributed by atoms with E-state index >= 15 is 0 Å². The van der Waals surface area contributed by atoms with Crippen molar-refractivity contribution in [3.8, 4) is 23.0 Å². The highest BCUT2D eigenvalue weighted by Gasteiger charge is 2.43. The zero-order valence-corrected chi connectivity index (χ0v) is 29.3. The topological polar surface area (TPSA) is 54.0 Å². The largest absolute Gasteiger partial charge is 0.428 e. The monoisotopic (exact) mass is 700 g/mol. The van der Waals surface area contributed by atoms with Crippen molar-refractivity contribution in [2.75, 3.05) is 0 Å². The summed E-state index contributed by atoms with van der Waals surface area (Å²) in [6, 6.07) is 29.6. The van der Waals surface area contributed by atoms with Crippen LogP contribution < -0.4 is 18.1 Å². The van der Waals surface area contributed by atoms with Gasteiger partial charge in [0.05, 0.1) is 0 Å². The fourth-order valence-electron chi connectivity index (χ4n) is 3.56. The number of hydrogen-bond donors (Lipinski definition) is 0. The molecule has 4 rings (SSSR count). The van der Waals surface area contributed by atoms with Crippen LogP contribution in [0.2, 0.25) is 0 Å². The van der Waals surface area contributed by atoms with E-state index in [1.54, 1.807) is 24.3 Å². The standard InChI is InChI=1S/C28H28ClO5P3S4/c1-21-9-5-13-25(17-21)31-36(38,32-26-14-6-10-22(2)18-26)40-35(29,30)41-37(39,33-27-15-7-11-23(3)19-27)34-28-16-8-12-24(4)20-28/h5-20H,1-4H3. The van der Waals surface area contributed by atoms with E-state index in [4.69, 9.17) is 52.9 Å². The average molecular weight is 701 g/mol. The van der Waals surface area contributed by atoms with Crippen molar-refractivity contribution in [1.82, 2.24) is 0 Å². The Morgan fingerprint density at radius 1 is 0.537 bits per heavy atom. The van der Waals surface area contributed by atoms with E-state index in [1.165, 1.54) is 0 Å². The number of halogens is 1. The molecule has 216 valence electrons. The lowest BCUT2D eigenvalue weighted by atomic mass is 10.2. The predicted octanol–water partition coefficient (Wildman–Crippen LogP) is 11.8. The van der Waals surface area contributed by atoms with Gasteiger partial charge in [-0.05, 0) is 110 Å². The molecule has 0 N–H and O–H groups in total. The Morgan fingerprint density at radius 2 is 0.780 bits per heavy atom. The Bertz CT molecular complexity index is 1460. The predicted molar refractivity (Wildman–Crippen MR) is 184 cm³/mol. The summed E-state index contributed by atoms with van der Waals surface area (Å²) < 4.78 is 39.1. The molecule has 0 aliphatic carbocycles. The van der Waals surface area contributed by atoms with Crippen molar-refractivity contribution in [2.24, 2.45) is 0 Å². The average Bonchev–Trinajstić information content (AvgIpc) is 2.82. The first-order valence-electron chi connectivity index (χ1n) is 12.3. The summed E-state index contributed by atoms with van der Waals surface area (Å²) in [7, 11) is 0. The summed E-state index contributed by atoms with van der Waals surface area (Å²) in [4.78, 5) is -3.83. The molecular weight excluding hydrogens is 673 g/mol. The van der Waals surface area contributed by atoms with Crippen molar-refractivity contribution in [3.05, 3.63) is 119 Å². The van der Waals surface area contributed by atoms with Crippen LogP contribution in [-0.4, -0.2) is 0 Å². The lowest BCUT2D eigenvalue weighted by Gasteiger charge is -2.27. The summed E-state index contributed by atoms with van der Waals surface area (Å²) in [5, 5.41) is 0. The second-order valence-corrected chi connectivity index (χ2v) is 30.3. The molecule has 0 saturated heterocycles. The van der Waals surface area contributed by atoms with Gasteiger partial charge in [0.15, 0.2) is 0 Å². The van der Waals surface area contributed by atoms with Gasteiger partial charge < -0.3 is 18.1 Å². The molecule has 0 aliphatic rings. The summed E-state index contributed by atoms with van der Waals surface area (Å²) in [5.74, 6) is 1.95. The summed E-state index contributed by atoms with van der Waals surface area (Å²) in [6.45, 7) is 7.76. The maximum atomic E-state index is 14.2. The van der Waals surface area contributed by atoms with Crippen molar-refractivity contribution >= 4 is 73.1 Å². The van der Waals surface area contributed by atoms with E-state index in [-0.39, 0.29) is 0 Å². The Morgan fingerprint density at radius 3 is 1.00 bits per heavy atom. The number of benzene rings is 4. The van der Waals surface area contributed by atoms with Crippen molar-refractivity contribution in [2.45, 2.75) is 27.7 Å². The molecular formula is C28H28ClO5P3S4. The van der Waals surface area contributed by atoms with E-state index in [9.17, 15) is 4.57 Å². The van der Waals surface area contributed by atoms with Gasteiger partial charge in [-0.15, -0.1) is 0 Å². The van der Waals surface area contributed by atoms with Crippen LogP contribution in [0.1, 0.15) is 22.3 Å². The van der Waals surface area contributed by atoms with Crippen LogP contribution in [0.3, 0.4) is 0 Å². The normalized spacial score (nSPS) is 12.0. The molecule has 13 heteroatoms. The lowest BCUT2D eigenvalue weighted by molar-refractivity contribution is 0.506. The molecule has 4 aromatic rings. The summed E-state index contributed by atoms with van der Waals surface area (Å²) >= 11 is 20.2. The zero-order chi connectivity index (χ0) is 29.7. The number of hydrogen-bond acceptors (Lipinski definition) is 9. The van der Waals surface area contributed by atoms with E-state index in [1.807, 2.05) is 100 Å². The zero-order valence-electron chi connectivity index (χ0n) is 22.6. The molecule has 0 fully saturated rings. The number of rotatable bonds is 12. The van der Waals surface area contributed by atoms with E-state index in [0.717, 1.165) is 44.3 Å². The van der Waals surface area contributed by atoms with Gasteiger partial charge in [0, 0.05) is 45.6 Å². The molecule has 5 nitrogen and oxygen atoms in total. The molecule has 0 bridgehead atoms. The smallest absolute Gasteiger partial charge is 0.357 e. The Kier molecular flexibility index (Phi) is 11.0. The molecule has 0 spiro atoms. The fraction of sp³-hybridized carbons (Fsp3) is 0.143. The Labute approximate surface area is 264 Å². The van der Waals surface area contributed by atoms with Crippen LogP contribution in [0, 0.1) is 27.7 Å². The summed E-state index contributed by atoms with van der Waals surface area (Å²) in [5.41, 5.74) is -2.90. The first-order chi connectivity index (χ1) is 19.3. The third-order valence-electron chi connectivity index (χ3n) is 5.22. The molecule has 0 heterocycles. The van der Waals surface area contributed by atoms with Crippen molar-refractivity contribution in [1.29, 1.82) is 0 Å². The van der Waals surface area contributed by atoms with E-state index in [0.29, 0.717) is 23.0 Å². The molecule has 0 unspecified atom stereocenters. The molecule has 0 saturated carbocycles. The molecule has 0 radical (unpaired) electrons. The van der Waals surface area contributed by atoms with Crippen LogP contribution in [0.5, 0.6) is 23.0 Å². The van der Waals surface area contributed by atoms with Gasteiger partial charge in [0.2, 0.25) is 0 Å². The first kappa shape index (κ1) is 32.5. The van der Waals surface area contributed by atoms with Gasteiger partial charge in [-0.1, -0.05) is 48.5 Å². The third kappa shape index (κ3) is 10.4. The highest BCUT2D eigenvalue weighted by atomic mass is 35.7.